The second-order valence-corrected chi connectivity index (χ2v) is 6.78. The molecule has 0 atom stereocenters. The third-order valence-corrected chi connectivity index (χ3v) is 4.93. The number of carbonyl (C=O) groups is 3. The molecule has 0 aliphatic carbocycles. The van der Waals surface area contributed by atoms with Crippen molar-refractivity contribution in [1.82, 2.24) is 4.90 Å². The van der Waals surface area contributed by atoms with Crippen molar-refractivity contribution < 1.29 is 19.1 Å². The number of ether oxygens (including phenoxy) is 1. The van der Waals surface area contributed by atoms with Gasteiger partial charge in [0.05, 0.1) is 18.2 Å². The molecule has 0 fully saturated rings. The fraction of sp³-hybridized carbons (Fsp3) is 0.0870. The van der Waals surface area contributed by atoms with E-state index >= 15 is 0 Å². The quantitative estimate of drug-likeness (QED) is 0.524. The molecule has 0 bridgehead atoms. The number of methoxy groups -OCH3 is 1. The molecule has 0 unspecified atom stereocenters. The van der Waals surface area contributed by atoms with Crippen LogP contribution in [0.5, 0.6) is 5.75 Å². The molecule has 1 heterocycles. The fourth-order valence-electron chi connectivity index (χ4n) is 3.34. The minimum Gasteiger partial charge on any atom is -0.497 e. The van der Waals surface area contributed by atoms with Crippen LogP contribution in [0.15, 0.2) is 72.8 Å². The average molecular weight is 401 g/mol. The van der Waals surface area contributed by atoms with Gasteiger partial charge in [0.15, 0.2) is 0 Å². The summed E-state index contributed by atoms with van der Waals surface area (Å²) in [5.41, 5.74) is 7.64. The first-order chi connectivity index (χ1) is 14.5. The minimum atomic E-state index is -0.485. The summed E-state index contributed by atoms with van der Waals surface area (Å²) in [7, 11) is 1.55. The Kier molecular flexibility index (Phi) is 4.93. The molecule has 0 spiro atoms. The Morgan fingerprint density at radius 2 is 1.60 bits per heavy atom. The second-order valence-electron chi connectivity index (χ2n) is 6.78. The Morgan fingerprint density at radius 1 is 0.933 bits per heavy atom. The van der Waals surface area contributed by atoms with Crippen LogP contribution in [0.2, 0.25) is 0 Å². The molecule has 0 saturated carbocycles. The summed E-state index contributed by atoms with van der Waals surface area (Å²) in [6.45, 7) is -0.230. The number of anilines is 2. The maximum atomic E-state index is 13.3. The van der Waals surface area contributed by atoms with Crippen molar-refractivity contribution in [2.75, 3.05) is 24.4 Å². The van der Waals surface area contributed by atoms with Crippen LogP contribution in [0.1, 0.15) is 31.1 Å². The lowest BCUT2D eigenvalue weighted by atomic mass is 10.1. The Balaban J connectivity index is 1.70. The normalized spacial score (nSPS) is 12.6. The Bertz CT molecular complexity index is 1130. The van der Waals surface area contributed by atoms with Gasteiger partial charge in [0.2, 0.25) is 0 Å². The van der Waals surface area contributed by atoms with E-state index in [1.54, 1.807) is 61.7 Å². The summed E-state index contributed by atoms with van der Waals surface area (Å²) in [5, 5.41) is 0. The topological polar surface area (TPSA) is 92.9 Å². The van der Waals surface area contributed by atoms with Crippen molar-refractivity contribution in [1.29, 1.82) is 0 Å². The summed E-state index contributed by atoms with van der Waals surface area (Å²) < 4.78 is 5.18. The first kappa shape index (κ1) is 19.2. The Hall–Kier alpha value is -4.13. The number of fused-ring (bicyclic) bond motifs is 1. The summed E-state index contributed by atoms with van der Waals surface area (Å²) in [4.78, 5) is 41.4. The zero-order valence-electron chi connectivity index (χ0n) is 16.2. The molecule has 3 aromatic carbocycles. The first-order valence-corrected chi connectivity index (χ1v) is 9.26. The van der Waals surface area contributed by atoms with Gasteiger partial charge >= 0.3 is 0 Å². The van der Waals surface area contributed by atoms with Crippen LogP contribution >= 0.6 is 0 Å². The molecule has 0 radical (unpaired) electrons. The van der Waals surface area contributed by atoms with E-state index in [-0.39, 0.29) is 23.7 Å². The highest BCUT2D eigenvalue weighted by atomic mass is 16.5. The largest absolute Gasteiger partial charge is 0.497 e. The van der Waals surface area contributed by atoms with Crippen LogP contribution in [-0.2, 0) is 0 Å². The molecular weight excluding hydrogens is 382 g/mol. The third-order valence-electron chi connectivity index (χ3n) is 4.93. The number of hydrogen-bond acceptors (Lipinski definition) is 5. The van der Waals surface area contributed by atoms with Crippen LogP contribution in [0.25, 0.3) is 0 Å². The molecule has 0 aromatic heterocycles. The third kappa shape index (κ3) is 3.37. The van der Waals surface area contributed by atoms with Crippen molar-refractivity contribution >= 4 is 29.1 Å². The SMILES string of the molecule is COc1ccc(N(CN2C(=O)c3ccc(N)cc3C2=O)C(=O)c2ccccc2)cc1. The number of carbonyl (C=O) groups excluding carboxylic acids is 3. The molecule has 1 aliphatic heterocycles. The lowest BCUT2D eigenvalue weighted by molar-refractivity contribution is 0.0650. The molecule has 3 amide bonds. The van der Waals surface area contributed by atoms with E-state index in [1.807, 2.05) is 6.07 Å². The van der Waals surface area contributed by atoms with Gasteiger partial charge in [-0.25, -0.2) is 0 Å². The van der Waals surface area contributed by atoms with Crippen LogP contribution in [-0.4, -0.2) is 36.4 Å². The number of amides is 3. The number of hydrogen-bond donors (Lipinski definition) is 1. The lowest BCUT2D eigenvalue weighted by Crippen LogP contribution is -2.44. The number of rotatable bonds is 5. The van der Waals surface area contributed by atoms with Gasteiger partial charge in [0.25, 0.3) is 17.7 Å². The summed E-state index contributed by atoms with van der Waals surface area (Å²) in [5.74, 6) is -0.657. The first-order valence-electron chi connectivity index (χ1n) is 9.26. The summed E-state index contributed by atoms with van der Waals surface area (Å²) in [6.07, 6.45) is 0. The van der Waals surface area contributed by atoms with E-state index in [0.29, 0.717) is 22.7 Å². The Morgan fingerprint density at radius 3 is 2.27 bits per heavy atom. The standard InChI is InChI=1S/C23H19N3O4/c1-30-18-10-8-17(9-11-18)25(21(27)15-5-3-2-4-6-15)14-26-22(28)19-12-7-16(24)13-20(19)23(26)29/h2-13H,14,24H2,1H3. The van der Waals surface area contributed by atoms with Crippen molar-refractivity contribution in [3.8, 4) is 5.75 Å². The molecular formula is C23H19N3O4. The number of benzene rings is 3. The average Bonchev–Trinajstić information content (AvgIpc) is 3.01. The second kappa shape index (κ2) is 7.71. The molecule has 7 heteroatoms. The highest BCUT2D eigenvalue weighted by Crippen LogP contribution is 2.27. The predicted molar refractivity (Wildman–Crippen MR) is 112 cm³/mol. The van der Waals surface area contributed by atoms with E-state index in [0.717, 1.165) is 4.90 Å². The van der Waals surface area contributed by atoms with Gasteiger partial charge in [-0.05, 0) is 54.6 Å². The van der Waals surface area contributed by atoms with Crippen LogP contribution in [0, 0.1) is 0 Å². The fourth-order valence-corrected chi connectivity index (χ4v) is 3.34. The van der Waals surface area contributed by atoms with Gasteiger partial charge in [0, 0.05) is 16.9 Å². The molecule has 2 N–H and O–H groups in total. The van der Waals surface area contributed by atoms with Crippen LogP contribution in [0.4, 0.5) is 11.4 Å². The molecule has 150 valence electrons. The van der Waals surface area contributed by atoms with Crippen molar-refractivity contribution in [3.05, 3.63) is 89.5 Å². The number of imide groups is 1. The van der Waals surface area contributed by atoms with Gasteiger partial charge in [-0.3, -0.25) is 24.2 Å². The zero-order valence-corrected chi connectivity index (χ0v) is 16.2. The predicted octanol–water partition coefficient (Wildman–Crippen LogP) is 3.18. The molecule has 30 heavy (non-hydrogen) atoms. The van der Waals surface area contributed by atoms with Gasteiger partial charge in [-0.15, -0.1) is 0 Å². The van der Waals surface area contributed by atoms with E-state index in [2.05, 4.69) is 0 Å². The number of nitrogen functional groups attached to an aromatic ring is 1. The molecule has 1 aliphatic rings. The monoisotopic (exact) mass is 401 g/mol. The van der Waals surface area contributed by atoms with E-state index in [9.17, 15) is 14.4 Å². The molecule has 3 aromatic rings. The van der Waals surface area contributed by atoms with E-state index in [4.69, 9.17) is 10.5 Å². The molecule has 0 saturated heterocycles. The van der Waals surface area contributed by atoms with E-state index in [1.165, 1.54) is 17.0 Å². The summed E-state index contributed by atoms with van der Waals surface area (Å²) in [6, 6.07) is 20.1. The summed E-state index contributed by atoms with van der Waals surface area (Å²) >= 11 is 0. The highest BCUT2D eigenvalue weighted by molar-refractivity contribution is 6.22. The number of nitrogens with two attached hydrogens (primary N) is 1. The van der Waals surface area contributed by atoms with Crippen molar-refractivity contribution in [2.24, 2.45) is 0 Å². The van der Waals surface area contributed by atoms with Gasteiger partial charge in [0.1, 0.15) is 12.4 Å². The van der Waals surface area contributed by atoms with Crippen molar-refractivity contribution in [3.63, 3.8) is 0 Å². The van der Waals surface area contributed by atoms with Gasteiger partial charge in [-0.2, -0.15) is 0 Å². The van der Waals surface area contributed by atoms with E-state index < -0.39 is 11.8 Å². The smallest absolute Gasteiger partial charge is 0.263 e. The maximum absolute atomic E-state index is 13.3. The Labute approximate surface area is 173 Å². The lowest BCUT2D eigenvalue weighted by Gasteiger charge is -2.27. The highest BCUT2D eigenvalue weighted by Gasteiger charge is 2.37. The maximum Gasteiger partial charge on any atom is 0.263 e. The molecule has 4 rings (SSSR count). The minimum absolute atomic E-state index is 0.230. The number of nitrogens with zero attached hydrogens (tertiary/aromatic N) is 2. The van der Waals surface area contributed by atoms with Crippen LogP contribution in [0.3, 0.4) is 0 Å². The molecule has 7 nitrogen and oxygen atoms in total. The van der Waals surface area contributed by atoms with Gasteiger partial charge in [-0.1, -0.05) is 18.2 Å². The van der Waals surface area contributed by atoms with Gasteiger partial charge < -0.3 is 10.5 Å². The van der Waals surface area contributed by atoms with Crippen molar-refractivity contribution in [2.45, 2.75) is 0 Å². The van der Waals surface area contributed by atoms with Crippen LogP contribution < -0.4 is 15.4 Å². The zero-order chi connectivity index (χ0) is 21.3.